The van der Waals surface area contributed by atoms with Crippen LogP contribution in [0.25, 0.3) is 0 Å². The van der Waals surface area contributed by atoms with E-state index in [-0.39, 0.29) is 17.9 Å². The maximum Gasteiger partial charge on any atom is 0.245 e. The van der Waals surface area contributed by atoms with Gasteiger partial charge in [-0.3, -0.25) is 9.10 Å². The van der Waals surface area contributed by atoms with Crippen LogP contribution in [0, 0.1) is 24.7 Å². The van der Waals surface area contributed by atoms with Gasteiger partial charge in [0.15, 0.2) is 0 Å². The van der Waals surface area contributed by atoms with Gasteiger partial charge >= 0.3 is 0 Å². The number of carbonyl (C=O) groups is 1. The molecule has 0 aliphatic heterocycles. The lowest BCUT2D eigenvalue weighted by atomic mass is 9.48. The van der Waals surface area contributed by atoms with Crippen molar-refractivity contribution >= 4 is 27.3 Å². The van der Waals surface area contributed by atoms with Crippen LogP contribution in [0.15, 0.2) is 42.5 Å². The van der Waals surface area contributed by atoms with Crippen molar-refractivity contribution in [1.82, 2.24) is 0 Å². The normalized spacial score (nSPS) is 27.6. The van der Waals surface area contributed by atoms with E-state index in [1.165, 1.54) is 54.6 Å². The molecule has 4 aliphatic rings. The molecule has 34 heavy (non-hydrogen) atoms. The summed E-state index contributed by atoms with van der Waals surface area (Å²) >= 11 is 0. The SMILES string of the molecule is CCc1cccc(C)c1NC(=O)CN(c1ccc(C23CC4CC(CC(C4)C2)C3)cc1)S(C)(=O)=O. The fourth-order valence-corrected chi connectivity index (χ4v) is 8.21. The average Bonchev–Trinajstić information content (AvgIpc) is 2.77. The monoisotopic (exact) mass is 480 g/mol. The topological polar surface area (TPSA) is 66.5 Å². The number of hydrogen-bond acceptors (Lipinski definition) is 3. The van der Waals surface area contributed by atoms with E-state index in [1.54, 1.807) is 0 Å². The summed E-state index contributed by atoms with van der Waals surface area (Å²) in [5.41, 5.74) is 4.95. The fourth-order valence-electron chi connectivity index (χ4n) is 7.36. The van der Waals surface area contributed by atoms with Crippen molar-refractivity contribution in [2.24, 2.45) is 17.8 Å². The van der Waals surface area contributed by atoms with E-state index in [4.69, 9.17) is 0 Å². The van der Waals surface area contributed by atoms with Crippen LogP contribution in [0.3, 0.4) is 0 Å². The fraction of sp³-hybridized carbons (Fsp3) is 0.536. The first-order valence-corrected chi connectivity index (χ1v) is 14.5. The molecule has 2 aromatic rings. The Bertz CT molecular complexity index is 1150. The number of amides is 1. The Morgan fingerprint density at radius 1 is 1.00 bits per heavy atom. The van der Waals surface area contributed by atoms with Crippen molar-refractivity contribution in [1.29, 1.82) is 0 Å². The van der Waals surface area contributed by atoms with Crippen LogP contribution in [-0.2, 0) is 26.7 Å². The van der Waals surface area contributed by atoms with Crippen molar-refractivity contribution in [3.8, 4) is 0 Å². The Kier molecular flexibility index (Phi) is 5.99. The van der Waals surface area contributed by atoms with Crippen molar-refractivity contribution in [3.63, 3.8) is 0 Å². The first-order chi connectivity index (χ1) is 16.2. The zero-order chi connectivity index (χ0) is 24.1. The molecule has 182 valence electrons. The molecule has 4 aliphatic carbocycles. The lowest BCUT2D eigenvalue weighted by Crippen LogP contribution is -2.48. The van der Waals surface area contributed by atoms with Crippen LogP contribution in [0.1, 0.15) is 62.1 Å². The first-order valence-electron chi connectivity index (χ1n) is 12.6. The van der Waals surface area contributed by atoms with Crippen molar-refractivity contribution in [2.45, 2.75) is 64.2 Å². The Balaban J connectivity index is 1.36. The number of nitrogens with zero attached hydrogens (tertiary/aromatic N) is 1. The maximum absolute atomic E-state index is 12.9. The van der Waals surface area contributed by atoms with Gasteiger partial charge in [0.25, 0.3) is 0 Å². The molecule has 6 rings (SSSR count). The summed E-state index contributed by atoms with van der Waals surface area (Å²) in [4.78, 5) is 12.9. The van der Waals surface area contributed by atoms with E-state index in [1.807, 2.05) is 44.2 Å². The summed E-state index contributed by atoms with van der Waals surface area (Å²) in [6, 6.07) is 13.9. The predicted molar refractivity (Wildman–Crippen MR) is 138 cm³/mol. The summed E-state index contributed by atoms with van der Waals surface area (Å²) in [5.74, 6) is 2.24. The molecule has 2 aromatic carbocycles. The van der Waals surface area contributed by atoms with Crippen LogP contribution in [0.4, 0.5) is 11.4 Å². The van der Waals surface area contributed by atoms with E-state index in [0.717, 1.165) is 41.0 Å². The highest BCUT2D eigenvalue weighted by Crippen LogP contribution is 2.60. The summed E-state index contributed by atoms with van der Waals surface area (Å²) < 4.78 is 26.5. The quantitative estimate of drug-likeness (QED) is 0.575. The van der Waals surface area contributed by atoms with Gasteiger partial charge in [-0.05, 0) is 104 Å². The minimum Gasteiger partial charge on any atom is -0.324 e. The number of anilines is 2. The van der Waals surface area contributed by atoms with Gasteiger partial charge in [-0.25, -0.2) is 8.42 Å². The highest BCUT2D eigenvalue weighted by molar-refractivity contribution is 7.92. The number of carbonyl (C=O) groups excluding carboxylic acids is 1. The smallest absolute Gasteiger partial charge is 0.245 e. The average molecular weight is 481 g/mol. The maximum atomic E-state index is 12.9. The number of rotatable bonds is 7. The second kappa shape index (κ2) is 8.71. The molecule has 4 fully saturated rings. The summed E-state index contributed by atoms with van der Waals surface area (Å²) in [6.07, 6.45) is 9.96. The van der Waals surface area contributed by atoms with Crippen molar-refractivity contribution in [2.75, 3.05) is 22.4 Å². The summed E-state index contributed by atoms with van der Waals surface area (Å²) in [7, 11) is -3.62. The van der Waals surface area contributed by atoms with Gasteiger partial charge in [0.05, 0.1) is 11.9 Å². The Morgan fingerprint density at radius 2 is 1.59 bits per heavy atom. The van der Waals surface area contributed by atoms with Crippen molar-refractivity contribution in [3.05, 3.63) is 59.2 Å². The van der Waals surface area contributed by atoms with Crippen molar-refractivity contribution < 1.29 is 13.2 Å². The summed E-state index contributed by atoms with van der Waals surface area (Å²) in [5, 5.41) is 2.96. The van der Waals surface area contributed by atoms with Crippen LogP contribution in [0.5, 0.6) is 0 Å². The molecule has 0 unspecified atom stereocenters. The number of aryl methyl sites for hydroxylation is 2. The molecule has 1 N–H and O–H groups in total. The van der Waals surface area contributed by atoms with E-state index in [2.05, 4.69) is 17.4 Å². The van der Waals surface area contributed by atoms with Gasteiger partial charge in [-0.15, -0.1) is 0 Å². The molecule has 4 saturated carbocycles. The molecule has 1 amide bonds. The van der Waals surface area contributed by atoms with E-state index >= 15 is 0 Å². The highest BCUT2D eigenvalue weighted by Gasteiger charge is 2.51. The van der Waals surface area contributed by atoms with E-state index in [9.17, 15) is 13.2 Å². The molecule has 0 atom stereocenters. The second-order valence-corrected chi connectivity index (χ2v) is 12.9. The second-order valence-electron chi connectivity index (χ2n) is 11.0. The molecule has 4 bridgehead atoms. The van der Waals surface area contributed by atoms with E-state index in [0.29, 0.717) is 5.69 Å². The van der Waals surface area contributed by atoms with Gasteiger partial charge in [0, 0.05) is 5.69 Å². The number of nitrogens with one attached hydrogen (secondary N) is 1. The third kappa shape index (κ3) is 4.37. The Hall–Kier alpha value is -2.34. The van der Waals surface area contributed by atoms with Gasteiger partial charge in [0.1, 0.15) is 6.54 Å². The number of benzene rings is 2. The molecular formula is C28H36N2O3S. The molecular weight excluding hydrogens is 444 g/mol. The Labute approximate surface area is 204 Å². The third-order valence-electron chi connectivity index (χ3n) is 8.50. The summed E-state index contributed by atoms with van der Waals surface area (Å²) in [6.45, 7) is 3.75. The number of hydrogen-bond donors (Lipinski definition) is 1. The lowest BCUT2D eigenvalue weighted by Gasteiger charge is -2.57. The molecule has 0 heterocycles. The van der Waals surface area contributed by atoms with Crippen LogP contribution < -0.4 is 9.62 Å². The van der Waals surface area contributed by atoms with Gasteiger partial charge in [-0.2, -0.15) is 0 Å². The molecule has 0 aromatic heterocycles. The number of sulfonamides is 1. The van der Waals surface area contributed by atoms with Gasteiger partial charge in [-0.1, -0.05) is 37.3 Å². The first kappa shape index (κ1) is 23.4. The van der Waals surface area contributed by atoms with Crippen LogP contribution in [-0.4, -0.2) is 27.1 Å². The van der Waals surface area contributed by atoms with Gasteiger partial charge in [0.2, 0.25) is 15.9 Å². The molecule has 0 spiro atoms. The largest absolute Gasteiger partial charge is 0.324 e. The molecule has 5 nitrogen and oxygen atoms in total. The van der Waals surface area contributed by atoms with Gasteiger partial charge < -0.3 is 5.32 Å². The molecule has 0 radical (unpaired) electrons. The zero-order valence-corrected chi connectivity index (χ0v) is 21.3. The number of para-hydroxylation sites is 1. The highest BCUT2D eigenvalue weighted by atomic mass is 32.2. The predicted octanol–water partition coefficient (Wildman–Crippen LogP) is 5.43. The molecule has 6 heteroatoms. The lowest BCUT2D eigenvalue weighted by molar-refractivity contribution is -0.114. The molecule has 0 saturated heterocycles. The Morgan fingerprint density at radius 3 is 2.12 bits per heavy atom. The minimum absolute atomic E-state index is 0.243. The minimum atomic E-state index is -3.62. The van der Waals surface area contributed by atoms with Crippen LogP contribution >= 0.6 is 0 Å². The van der Waals surface area contributed by atoms with Crippen LogP contribution in [0.2, 0.25) is 0 Å². The standard InChI is InChI=1S/C28H36N2O3S/c1-4-23-7-5-6-19(2)27(23)29-26(31)18-30(34(3,32)33)25-10-8-24(9-11-25)28-15-20-12-21(16-28)14-22(13-20)17-28/h5-11,20-22H,4,12-18H2,1-3H3,(H,29,31). The third-order valence-corrected chi connectivity index (χ3v) is 9.64. The van der Waals surface area contributed by atoms with E-state index < -0.39 is 10.0 Å². The zero-order valence-electron chi connectivity index (χ0n) is 20.5.